The van der Waals surface area contributed by atoms with E-state index >= 15 is 0 Å². The Labute approximate surface area is 286 Å². The smallest absolute Gasteiger partial charge is 0.338 e. The highest BCUT2D eigenvalue weighted by molar-refractivity contribution is 5.89. The molecule has 1 unspecified atom stereocenters. The molecular weight excluding hydrogens is 638 g/mol. The number of methoxy groups -OCH3 is 4. The summed E-state index contributed by atoms with van der Waals surface area (Å²) in [5.74, 6) is -4.24. The zero-order valence-corrected chi connectivity index (χ0v) is 29.2. The molecule has 5 saturated carbocycles. The Morgan fingerprint density at radius 1 is 0.918 bits per heavy atom. The summed E-state index contributed by atoms with van der Waals surface area (Å²) in [6.45, 7) is 5.99. The van der Waals surface area contributed by atoms with E-state index in [2.05, 4.69) is 4.90 Å². The van der Waals surface area contributed by atoms with Crippen molar-refractivity contribution in [3.8, 4) is 0 Å². The monoisotopic (exact) mass is 687 g/mol. The summed E-state index contributed by atoms with van der Waals surface area (Å²) in [5.41, 5.74) is -4.92. The second-order valence-corrected chi connectivity index (χ2v) is 15.0. The molecule has 6 fully saturated rings. The van der Waals surface area contributed by atoms with Gasteiger partial charge < -0.3 is 43.4 Å². The van der Waals surface area contributed by atoms with Gasteiger partial charge in [0.15, 0.2) is 5.60 Å². The zero-order chi connectivity index (χ0) is 35.3. The third kappa shape index (κ3) is 4.21. The standard InChI is InChI=1S/C36H49NO12/c1-8-37-16-33(17-43-4)22(47-18(2)38)14-23(44-5)35-21-15-34(42)30(48-32(41)20-12-10-9-11-13-20)24(21)36(49-19(3)39,29(40)31(34)46-7)25(28(35)37)26(45-6)27(33)35/h9-13,21-31,40,42H,8,14-17H2,1-7H3/t21-,22+,23-,24+,25-,26+,27-,28+,29-,30+,31-,33+,34-,35?,36+/m0/s1. The van der Waals surface area contributed by atoms with E-state index in [0.29, 0.717) is 19.5 Å². The highest BCUT2D eigenvalue weighted by atomic mass is 16.6. The van der Waals surface area contributed by atoms with Crippen molar-refractivity contribution in [3.05, 3.63) is 35.9 Å². The maximum absolute atomic E-state index is 13.8. The zero-order valence-electron chi connectivity index (χ0n) is 29.2. The molecule has 270 valence electrons. The van der Waals surface area contributed by atoms with E-state index in [1.54, 1.807) is 51.7 Å². The van der Waals surface area contributed by atoms with E-state index in [1.165, 1.54) is 21.0 Å². The number of hydrogen-bond donors (Lipinski definition) is 2. The molecule has 49 heavy (non-hydrogen) atoms. The first-order valence-electron chi connectivity index (χ1n) is 17.2. The summed E-state index contributed by atoms with van der Waals surface area (Å²) in [4.78, 5) is 42.2. The van der Waals surface area contributed by atoms with Crippen molar-refractivity contribution < 1.29 is 57.8 Å². The molecule has 1 aromatic rings. The van der Waals surface area contributed by atoms with Crippen molar-refractivity contribution in [1.82, 2.24) is 4.90 Å². The number of ether oxygens (including phenoxy) is 7. The summed E-state index contributed by atoms with van der Waals surface area (Å²) < 4.78 is 43.9. The fourth-order valence-electron chi connectivity index (χ4n) is 12.7. The predicted molar refractivity (Wildman–Crippen MR) is 170 cm³/mol. The minimum Gasteiger partial charge on any atom is -0.462 e. The van der Waals surface area contributed by atoms with Crippen LogP contribution in [0.5, 0.6) is 0 Å². The maximum Gasteiger partial charge on any atom is 0.338 e. The third-order valence-electron chi connectivity index (χ3n) is 13.4. The summed E-state index contributed by atoms with van der Waals surface area (Å²) in [5, 5.41) is 25.5. The number of rotatable bonds is 10. The Morgan fingerprint density at radius 3 is 2.20 bits per heavy atom. The van der Waals surface area contributed by atoms with Crippen LogP contribution in [-0.4, -0.2) is 135 Å². The highest BCUT2D eigenvalue weighted by Crippen LogP contribution is 2.80. The minimum atomic E-state index is -1.86. The second-order valence-electron chi connectivity index (χ2n) is 15.0. The van der Waals surface area contributed by atoms with Crippen LogP contribution in [0.3, 0.4) is 0 Å². The molecule has 0 amide bonds. The first kappa shape index (κ1) is 34.8. The van der Waals surface area contributed by atoms with Crippen molar-refractivity contribution >= 4 is 17.9 Å². The summed E-state index contributed by atoms with van der Waals surface area (Å²) in [7, 11) is 6.25. The van der Waals surface area contributed by atoms with Crippen LogP contribution in [0.1, 0.15) is 44.0 Å². The number of fused-ring (bicyclic) bond motifs is 2. The number of aliphatic hydroxyl groups is 2. The van der Waals surface area contributed by atoms with E-state index in [-0.39, 0.29) is 24.6 Å². The Bertz CT molecular complexity index is 1480. The molecule has 15 atom stereocenters. The molecule has 1 aromatic carbocycles. The second kappa shape index (κ2) is 12.0. The molecule has 0 radical (unpaired) electrons. The van der Waals surface area contributed by atoms with Crippen LogP contribution >= 0.6 is 0 Å². The van der Waals surface area contributed by atoms with Gasteiger partial charge in [-0.05, 0) is 31.0 Å². The Hall–Kier alpha value is -2.65. The molecule has 1 aliphatic heterocycles. The molecule has 13 nitrogen and oxygen atoms in total. The Morgan fingerprint density at radius 2 is 1.63 bits per heavy atom. The molecule has 6 aliphatic rings. The fourth-order valence-corrected chi connectivity index (χ4v) is 12.7. The van der Waals surface area contributed by atoms with Gasteiger partial charge in [-0.1, -0.05) is 25.1 Å². The molecule has 1 spiro atoms. The van der Waals surface area contributed by atoms with E-state index < -0.39 is 100 Å². The highest BCUT2D eigenvalue weighted by Gasteiger charge is 2.92. The van der Waals surface area contributed by atoms with Crippen LogP contribution in [0.4, 0.5) is 0 Å². The summed E-state index contributed by atoms with van der Waals surface area (Å²) in [6.07, 6.45) is -5.45. The number of carbonyl (C=O) groups is 3. The van der Waals surface area contributed by atoms with Gasteiger partial charge in [0.2, 0.25) is 0 Å². The third-order valence-corrected chi connectivity index (χ3v) is 13.4. The van der Waals surface area contributed by atoms with Gasteiger partial charge in [0.1, 0.15) is 30.0 Å². The number of piperidine rings is 1. The summed E-state index contributed by atoms with van der Waals surface area (Å²) >= 11 is 0. The topological polar surface area (TPSA) is 160 Å². The van der Waals surface area contributed by atoms with Crippen LogP contribution in [0.2, 0.25) is 0 Å². The number of nitrogens with zero attached hydrogens (tertiary/aromatic N) is 1. The van der Waals surface area contributed by atoms with E-state index in [4.69, 9.17) is 33.2 Å². The first-order chi connectivity index (χ1) is 23.4. The lowest BCUT2D eigenvalue weighted by molar-refractivity contribution is -0.322. The fraction of sp³-hybridized carbons (Fsp3) is 0.750. The number of likely N-dealkylation sites (tertiary alicyclic amines) is 1. The van der Waals surface area contributed by atoms with Gasteiger partial charge in [-0.2, -0.15) is 0 Å². The molecule has 7 bridgehead atoms. The molecule has 1 saturated heterocycles. The number of hydrogen-bond acceptors (Lipinski definition) is 13. The lowest BCUT2D eigenvalue weighted by Gasteiger charge is -2.70. The number of esters is 3. The van der Waals surface area contributed by atoms with Crippen LogP contribution in [0.15, 0.2) is 30.3 Å². The molecule has 7 rings (SSSR count). The van der Waals surface area contributed by atoms with Crippen molar-refractivity contribution in [1.29, 1.82) is 0 Å². The molecule has 0 aromatic heterocycles. The molecule has 5 aliphatic carbocycles. The molecule has 1 heterocycles. The van der Waals surface area contributed by atoms with Crippen LogP contribution in [-0.2, 0) is 42.7 Å². The van der Waals surface area contributed by atoms with Crippen molar-refractivity contribution in [2.75, 3.05) is 48.1 Å². The average molecular weight is 688 g/mol. The molecular formula is C36H49NO12. The summed E-state index contributed by atoms with van der Waals surface area (Å²) in [6, 6.07) is 8.12. The van der Waals surface area contributed by atoms with Crippen molar-refractivity contribution in [3.63, 3.8) is 0 Å². The van der Waals surface area contributed by atoms with E-state index in [9.17, 15) is 24.6 Å². The van der Waals surface area contributed by atoms with Crippen LogP contribution in [0, 0.1) is 34.5 Å². The van der Waals surface area contributed by atoms with Gasteiger partial charge in [0, 0.05) is 89.9 Å². The first-order valence-corrected chi connectivity index (χ1v) is 17.2. The van der Waals surface area contributed by atoms with Crippen molar-refractivity contribution in [2.24, 2.45) is 34.5 Å². The Balaban J connectivity index is 1.53. The molecule has 2 N–H and O–H groups in total. The van der Waals surface area contributed by atoms with E-state index in [0.717, 1.165) is 0 Å². The van der Waals surface area contributed by atoms with Crippen LogP contribution in [0.25, 0.3) is 0 Å². The van der Waals surface area contributed by atoms with E-state index in [1.807, 2.05) is 6.92 Å². The van der Waals surface area contributed by atoms with Gasteiger partial charge in [0.05, 0.1) is 24.4 Å². The lowest BCUT2D eigenvalue weighted by atomic mass is 9.42. The number of benzene rings is 1. The maximum atomic E-state index is 13.8. The minimum absolute atomic E-state index is 0.0534. The normalized spacial score (nSPS) is 47.4. The Kier molecular flexibility index (Phi) is 8.49. The van der Waals surface area contributed by atoms with Crippen molar-refractivity contribution in [2.45, 2.75) is 87.5 Å². The van der Waals surface area contributed by atoms with Gasteiger partial charge >= 0.3 is 17.9 Å². The molecule has 13 heteroatoms. The lowest BCUT2D eigenvalue weighted by Crippen LogP contribution is -2.81. The van der Waals surface area contributed by atoms with Gasteiger partial charge in [-0.15, -0.1) is 0 Å². The number of carbonyl (C=O) groups excluding carboxylic acids is 3. The van der Waals surface area contributed by atoms with Gasteiger partial charge in [-0.3, -0.25) is 14.5 Å². The van der Waals surface area contributed by atoms with Crippen LogP contribution < -0.4 is 0 Å². The SMILES string of the molecule is CCN1C[C@]2(COC)[C@@H]3[C@H](OC)[C@H]4[C@@H]1C3([C@@H](OC)C[C@H]2OC(C)=O)[C@H]1C[C@]2(O)[C@H](OC(=O)c3ccccc3)[C@@H]1[C@]4(OC(C)=O)[C@@H](O)[C@@H]2OC. The number of aliphatic hydroxyl groups excluding tert-OH is 1. The largest absolute Gasteiger partial charge is 0.462 e. The predicted octanol–water partition coefficient (Wildman–Crippen LogP) is 1.22. The average Bonchev–Trinajstić information content (AvgIpc) is 3.44. The van der Waals surface area contributed by atoms with Gasteiger partial charge in [-0.25, -0.2) is 4.79 Å². The van der Waals surface area contributed by atoms with Gasteiger partial charge in [0.25, 0.3) is 0 Å². The quantitative estimate of drug-likeness (QED) is 0.267.